The van der Waals surface area contributed by atoms with Crippen LogP contribution in [0.4, 0.5) is 0 Å². The molecule has 0 fully saturated rings. The van der Waals surface area contributed by atoms with Gasteiger partial charge in [0.2, 0.25) is 0 Å². The number of hydrogen-bond acceptors (Lipinski definition) is 6. The first-order valence-corrected chi connectivity index (χ1v) is 9.86. The van der Waals surface area contributed by atoms with Gasteiger partial charge in [0.25, 0.3) is 11.1 Å². The van der Waals surface area contributed by atoms with Gasteiger partial charge >= 0.3 is 0 Å². The van der Waals surface area contributed by atoms with Crippen LogP contribution >= 0.6 is 22.7 Å². The maximum atomic E-state index is 13.0. The number of aryl methyl sites for hydroxylation is 2. The number of hydrogen-bond donors (Lipinski definition) is 0. The first kappa shape index (κ1) is 15.0. The van der Waals surface area contributed by atoms with Crippen LogP contribution in [0.2, 0.25) is 0 Å². The molecule has 0 N–H and O–H groups in total. The van der Waals surface area contributed by atoms with Gasteiger partial charge in [0, 0.05) is 22.5 Å². The fourth-order valence-corrected chi connectivity index (χ4v) is 5.40. The summed E-state index contributed by atoms with van der Waals surface area (Å²) in [5.74, 6) is 0. The lowest BCUT2D eigenvalue weighted by Crippen LogP contribution is -2.23. The van der Waals surface area contributed by atoms with E-state index >= 15 is 0 Å². The highest BCUT2D eigenvalue weighted by Crippen LogP contribution is 2.33. The molecule has 4 heterocycles. The van der Waals surface area contributed by atoms with E-state index in [1.165, 1.54) is 38.7 Å². The lowest BCUT2D eigenvalue weighted by molar-refractivity contribution is 0.696. The standard InChI is InChI=1S/C17H14N4O2S2/c22-13-7-10(19-17-21(13)5-6-24-17)8-20-9-18-15-14(16(20)23)11-3-1-2-4-12(11)25-15/h5-7,9H,1-4,8H2. The number of rotatable bonds is 2. The van der Waals surface area contributed by atoms with Crippen LogP contribution in [0.25, 0.3) is 15.2 Å². The normalized spacial score (nSPS) is 14.2. The molecule has 4 aromatic rings. The molecular formula is C17H14N4O2S2. The lowest BCUT2D eigenvalue weighted by atomic mass is 9.97. The smallest absolute Gasteiger partial charge is 0.262 e. The van der Waals surface area contributed by atoms with Crippen molar-refractivity contribution in [3.05, 3.63) is 60.8 Å². The molecule has 0 saturated heterocycles. The van der Waals surface area contributed by atoms with Crippen molar-refractivity contribution in [3.63, 3.8) is 0 Å². The van der Waals surface area contributed by atoms with Gasteiger partial charge in [-0.3, -0.25) is 18.6 Å². The minimum Gasteiger partial charge on any atom is -0.293 e. The van der Waals surface area contributed by atoms with Crippen LogP contribution in [0.15, 0.2) is 33.6 Å². The Kier molecular flexibility index (Phi) is 3.36. The van der Waals surface area contributed by atoms with Crippen LogP contribution in [0.1, 0.15) is 29.0 Å². The summed E-state index contributed by atoms with van der Waals surface area (Å²) in [4.78, 5) is 36.9. The minimum absolute atomic E-state index is 0.0300. The highest BCUT2D eigenvalue weighted by atomic mass is 32.1. The van der Waals surface area contributed by atoms with E-state index in [0.717, 1.165) is 29.5 Å². The Morgan fingerprint density at radius 1 is 1.20 bits per heavy atom. The highest BCUT2D eigenvalue weighted by Gasteiger charge is 2.20. The maximum Gasteiger partial charge on any atom is 0.262 e. The van der Waals surface area contributed by atoms with Gasteiger partial charge in [-0.1, -0.05) is 0 Å². The molecule has 0 spiro atoms. The van der Waals surface area contributed by atoms with Gasteiger partial charge in [0.15, 0.2) is 4.96 Å². The van der Waals surface area contributed by atoms with Crippen LogP contribution < -0.4 is 11.1 Å². The van der Waals surface area contributed by atoms with Crippen molar-refractivity contribution in [2.24, 2.45) is 0 Å². The molecule has 0 aromatic carbocycles. The summed E-state index contributed by atoms with van der Waals surface area (Å²) in [6.07, 6.45) is 7.59. The van der Waals surface area contributed by atoms with Crippen molar-refractivity contribution in [2.75, 3.05) is 0 Å². The SMILES string of the molecule is O=c1c2c3c(sc2ncn1Cc1cc(=O)n2ccsc2n1)CCCC3. The van der Waals surface area contributed by atoms with E-state index in [1.807, 2.05) is 5.38 Å². The summed E-state index contributed by atoms with van der Waals surface area (Å²) >= 11 is 3.05. The van der Waals surface area contributed by atoms with E-state index in [9.17, 15) is 9.59 Å². The monoisotopic (exact) mass is 370 g/mol. The zero-order valence-electron chi connectivity index (χ0n) is 13.3. The predicted octanol–water partition coefficient (Wildman–Crippen LogP) is 2.45. The van der Waals surface area contributed by atoms with Crippen molar-refractivity contribution in [1.82, 2.24) is 18.9 Å². The van der Waals surface area contributed by atoms with Gasteiger partial charge in [-0.25, -0.2) is 9.97 Å². The Hall–Kier alpha value is -2.32. The Labute approximate surface area is 150 Å². The first-order chi connectivity index (χ1) is 12.2. The molecule has 0 bridgehead atoms. The second kappa shape index (κ2) is 5.60. The fourth-order valence-electron chi connectivity index (χ4n) is 3.44. The second-order valence-electron chi connectivity index (χ2n) is 6.21. The van der Waals surface area contributed by atoms with Gasteiger partial charge in [-0.15, -0.1) is 22.7 Å². The van der Waals surface area contributed by atoms with Crippen LogP contribution in [0, 0.1) is 0 Å². The van der Waals surface area contributed by atoms with E-state index in [4.69, 9.17) is 0 Å². The van der Waals surface area contributed by atoms with Gasteiger partial charge in [0.05, 0.1) is 24.0 Å². The molecule has 25 heavy (non-hydrogen) atoms. The van der Waals surface area contributed by atoms with Crippen molar-refractivity contribution < 1.29 is 0 Å². The van der Waals surface area contributed by atoms with Gasteiger partial charge in [-0.05, 0) is 31.2 Å². The predicted molar refractivity (Wildman–Crippen MR) is 99.0 cm³/mol. The molecule has 4 aromatic heterocycles. The number of aromatic nitrogens is 4. The van der Waals surface area contributed by atoms with Crippen LogP contribution in [-0.4, -0.2) is 18.9 Å². The molecule has 0 amide bonds. The Bertz CT molecular complexity index is 1230. The summed E-state index contributed by atoms with van der Waals surface area (Å²) in [5.41, 5.74) is 1.61. The molecule has 5 rings (SSSR count). The fraction of sp³-hybridized carbons (Fsp3) is 0.294. The molecule has 1 aliphatic rings. The van der Waals surface area contributed by atoms with Gasteiger partial charge in [0.1, 0.15) is 4.83 Å². The average Bonchev–Trinajstić information content (AvgIpc) is 3.22. The van der Waals surface area contributed by atoms with Crippen LogP contribution in [0.5, 0.6) is 0 Å². The summed E-state index contributed by atoms with van der Waals surface area (Å²) < 4.78 is 3.07. The molecule has 1 aliphatic carbocycles. The molecular weight excluding hydrogens is 356 g/mol. The summed E-state index contributed by atoms with van der Waals surface area (Å²) in [6, 6.07) is 1.49. The van der Waals surface area contributed by atoms with Crippen LogP contribution in [-0.2, 0) is 19.4 Å². The zero-order chi connectivity index (χ0) is 17.0. The van der Waals surface area contributed by atoms with E-state index in [0.29, 0.717) is 10.7 Å². The third-order valence-corrected chi connectivity index (χ3v) is 6.59. The molecule has 6 nitrogen and oxygen atoms in total. The third-order valence-electron chi connectivity index (χ3n) is 4.63. The summed E-state index contributed by atoms with van der Waals surface area (Å²) in [5, 5.41) is 2.58. The quantitative estimate of drug-likeness (QED) is 0.543. The summed E-state index contributed by atoms with van der Waals surface area (Å²) in [6.45, 7) is 0.260. The first-order valence-electron chi connectivity index (χ1n) is 8.16. The number of thiazole rings is 1. The van der Waals surface area contributed by atoms with Crippen molar-refractivity contribution in [1.29, 1.82) is 0 Å². The highest BCUT2D eigenvalue weighted by molar-refractivity contribution is 7.18. The topological polar surface area (TPSA) is 69.3 Å². The van der Waals surface area contributed by atoms with E-state index < -0.39 is 0 Å². The van der Waals surface area contributed by atoms with Crippen molar-refractivity contribution in [2.45, 2.75) is 32.2 Å². The second-order valence-corrected chi connectivity index (χ2v) is 8.17. The number of fused-ring (bicyclic) bond motifs is 4. The zero-order valence-corrected chi connectivity index (χ0v) is 14.9. The maximum absolute atomic E-state index is 13.0. The molecule has 0 radical (unpaired) electrons. The molecule has 126 valence electrons. The minimum atomic E-state index is -0.128. The third kappa shape index (κ3) is 2.36. The number of nitrogens with zero attached hydrogens (tertiary/aromatic N) is 4. The molecule has 0 unspecified atom stereocenters. The van der Waals surface area contributed by atoms with Crippen molar-refractivity contribution in [3.8, 4) is 0 Å². The van der Waals surface area contributed by atoms with Gasteiger partial charge < -0.3 is 0 Å². The van der Waals surface area contributed by atoms with Crippen LogP contribution in [0.3, 0.4) is 0 Å². The lowest BCUT2D eigenvalue weighted by Gasteiger charge is -2.10. The average molecular weight is 370 g/mol. The number of thiophene rings is 1. The van der Waals surface area contributed by atoms with E-state index in [2.05, 4.69) is 9.97 Å². The Morgan fingerprint density at radius 2 is 2.08 bits per heavy atom. The largest absolute Gasteiger partial charge is 0.293 e. The molecule has 0 aliphatic heterocycles. The van der Waals surface area contributed by atoms with E-state index in [1.54, 1.807) is 28.4 Å². The molecule has 0 atom stereocenters. The molecule has 0 saturated carbocycles. The Morgan fingerprint density at radius 3 is 3.00 bits per heavy atom. The summed E-state index contributed by atoms with van der Waals surface area (Å²) in [7, 11) is 0. The van der Waals surface area contributed by atoms with E-state index in [-0.39, 0.29) is 17.7 Å². The van der Waals surface area contributed by atoms with Gasteiger partial charge in [-0.2, -0.15) is 0 Å². The molecule has 8 heteroatoms. The Balaban J connectivity index is 1.63. The van der Waals surface area contributed by atoms with Crippen molar-refractivity contribution >= 4 is 37.9 Å².